The van der Waals surface area contributed by atoms with Crippen molar-refractivity contribution < 1.29 is 23.8 Å². The number of epoxide rings is 1. The van der Waals surface area contributed by atoms with Crippen LogP contribution in [0.3, 0.4) is 0 Å². The Morgan fingerprint density at radius 1 is 0.882 bits per heavy atom. The van der Waals surface area contributed by atoms with Gasteiger partial charge in [0.25, 0.3) is 5.91 Å². The molecule has 1 aromatic heterocycles. The number of nitrogens with one attached hydrogen (secondary N) is 2. The lowest BCUT2D eigenvalue weighted by atomic mass is 10.0. The minimum atomic E-state index is -1.04. The summed E-state index contributed by atoms with van der Waals surface area (Å²) in [6.07, 6.45) is 29.6. The van der Waals surface area contributed by atoms with Gasteiger partial charge in [0.2, 0.25) is 5.56 Å². The van der Waals surface area contributed by atoms with Crippen LogP contribution in [0.25, 0.3) is 10.9 Å². The van der Waals surface area contributed by atoms with Gasteiger partial charge in [-0.25, -0.2) is 4.79 Å². The van der Waals surface area contributed by atoms with Crippen LogP contribution in [0.5, 0.6) is 0 Å². The lowest BCUT2D eigenvalue weighted by Crippen LogP contribution is -2.43. The van der Waals surface area contributed by atoms with E-state index in [9.17, 15) is 14.4 Å². The highest BCUT2D eigenvalue weighted by atomic mass is 35.5. The minimum Gasteiger partial charge on any atom is -0.462 e. The molecule has 0 aliphatic carbocycles. The molecule has 0 saturated carbocycles. The predicted octanol–water partition coefficient (Wildman–Crippen LogP) is 8.73. The van der Waals surface area contributed by atoms with E-state index in [2.05, 4.69) is 78.0 Å². The maximum atomic E-state index is 13.2. The Bertz CT molecular complexity index is 1740. The summed E-state index contributed by atoms with van der Waals surface area (Å²) in [6.45, 7) is 2.30. The van der Waals surface area contributed by atoms with Gasteiger partial charge >= 0.3 is 5.97 Å². The topological polar surface area (TPSA) is 110 Å². The Morgan fingerprint density at radius 3 is 2.22 bits per heavy atom. The molecule has 2 N–H and O–H groups in total. The first kappa shape index (κ1) is 39.3. The molecule has 4 rings (SSSR count). The number of hydrogen-bond donors (Lipinski definition) is 2. The number of aromatic nitrogens is 1. The molecule has 1 fully saturated rings. The Kier molecular flexibility index (Phi) is 17.2. The van der Waals surface area contributed by atoms with Gasteiger partial charge in [-0.15, -0.1) is 0 Å². The van der Waals surface area contributed by atoms with E-state index in [4.69, 9.17) is 25.8 Å². The molecule has 0 bridgehead atoms. The van der Waals surface area contributed by atoms with Gasteiger partial charge in [0.05, 0.1) is 6.61 Å². The molecule has 2 aromatic carbocycles. The van der Waals surface area contributed by atoms with Crippen molar-refractivity contribution in [2.45, 2.75) is 83.1 Å². The highest BCUT2D eigenvalue weighted by Crippen LogP contribution is 2.28. The van der Waals surface area contributed by atoms with E-state index in [0.717, 1.165) is 56.8 Å². The van der Waals surface area contributed by atoms with Crippen molar-refractivity contribution in [1.82, 2.24) is 10.3 Å². The summed E-state index contributed by atoms with van der Waals surface area (Å²) in [5, 5.41) is 4.03. The summed E-state index contributed by atoms with van der Waals surface area (Å²) in [4.78, 5) is 41.4. The molecule has 2 heterocycles. The van der Waals surface area contributed by atoms with Crippen molar-refractivity contribution in [3.63, 3.8) is 0 Å². The number of fused-ring (bicyclic) bond motifs is 1. The van der Waals surface area contributed by atoms with Gasteiger partial charge in [0, 0.05) is 34.0 Å². The summed E-state index contributed by atoms with van der Waals surface area (Å²) in [5.41, 5.74) is 1.30. The largest absolute Gasteiger partial charge is 0.462 e. The Morgan fingerprint density at radius 2 is 1.53 bits per heavy atom. The average molecular weight is 713 g/mol. The quantitative estimate of drug-likeness (QED) is 0.0467. The highest BCUT2D eigenvalue weighted by Gasteiger charge is 2.39. The minimum absolute atomic E-state index is 0.00507. The molecule has 1 saturated heterocycles. The van der Waals surface area contributed by atoms with Crippen LogP contribution in [0.15, 0.2) is 120 Å². The number of hydrogen-bond acceptors (Lipinski definition) is 6. The van der Waals surface area contributed by atoms with Crippen LogP contribution in [0.2, 0.25) is 5.02 Å². The van der Waals surface area contributed by atoms with E-state index >= 15 is 0 Å². The highest BCUT2D eigenvalue weighted by molar-refractivity contribution is 6.30. The van der Waals surface area contributed by atoms with Crippen LogP contribution in [0, 0.1) is 0 Å². The number of halogens is 1. The van der Waals surface area contributed by atoms with Gasteiger partial charge in [-0.3, -0.25) is 9.59 Å². The number of carbonyl (C=O) groups is 2. The van der Waals surface area contributed by atoms with Gasteiger partial charge in [-0.05, 0) is 87.3 Å². The normalized spacial score (nSPS) is 16.7. The van der Waals surface area contributed by atoms with E-state index in [-0.39, 0.29) is 37.6 Å². The number of ether oxygens (including phenoxy) is 3. The predicted molar refractivity (Wildman–Crippen MR) is 205 cm³/mol. The third kappa shape index (κ3) is 14.7. The zero-order valence-electron chi connectivity index (χ0n) is 29.3. The van der Waals surface area contributed by atoms with E-state index in [1.165, 1.54) is 6.07 Å². The number of esters is 1. The molecule has 3 aromatic rings. The fourth-order valence-corrected chi connectivity index (χ4v) is 5.52. The Hall–Kier alpha value is -4.50. The molecular formula is C42H49ClN2O6. The van der Waals surface area contributed by atoms with Crippen LogP contribution in [-0.4, -0.2) is 48.5 Å². The fraction of sp³-hybridized carbons (Fsp3) is 0.357. The second kappa shape index (κ2) is 22.3. The van der Waals surface area contributed by atoms with Gasteiger partial charge in [-0.2, -0.15) is 0 Å². The van der Waals surface area contributed by atoms with Crippen LogP contribution in [0.4, 0.5) is 0 Å². The monoisotopic (exact) mass is 712 g/mol. The molecule has 1 aliphatic heterocycles. The van der Waals surface area contributed by atoms with Gasteiger partial charge in [-0.1, -0.05) is 97.5 Å². The number of pyridine rings is 1. The maximum Gasteiger partial charge on any atom is 0.329 e. The van der Waals surface area contributed by atoms with Crippen LogP contribution < -0.4 is 10.9 Å². The summed E-state index contributed by atoms with van der Waals surface area (Å²) < 4.78 is 16.9. The van der Waals surface area contributed by atoms with E-state index in [0.29, 0.717) is 21.7 Å². The Balaban J connectivity index is 1.12. The molecule has 270 valence electrons. The van der Waals surface area contributed by atoms with Crippen molar-refractivity contribution in [3.8, 4) is 0 Å². The number of para-hydroxylation sites is 1. The zero-order chi connectivity index (χ0) is 36.1. The summed E-state index contributed by atoms with van der Waals surface area (Å²) in [5.74, 6) is -1.09. The molecule has 0 radical (unpaired) electrons. The van der Waals surface area contributed by atoms with E-state index < -0.39 is 17.9 Å². The van der Waals surface area contributed by atoms with E-state index in [1.54, 1.807) is 30.3 Å². The van der Waals surface area contributed by atoms with Crippen LogP contribution in [-0.2, 0) is 25.4 Å². The van der Waals surface area contributed by atoms with Gasteiger partial charge in [0.15, 0.2) is 6.29 Å². The first-order chi connectivity index (χ1) is 24.9. The standard InChI is InChI=1S/C42H49ClN2O6/c1-2-3-4-5-6-7-8-9-10-11-12-13-14-15-16-17-18-23-38-42(51-38)50-29-28-49-41(48)37(45-40(47)32-24-26-34(43)27-25-32)30-33-31-39(46)44-36-22-20-19-21-35(33)36/h3-4,6-7,9-10,12-13,15-16,19-22,24-27,31,37-38,42H,2,5,8,11,14,17-18,23,28-30H2,1H3,(H,44,46)(H,45,47)/b4-3-,7-6-,10-9-,13-12-,16-15-/t37?,38?,42-/m0/s1. The first-order valence-electron chi connectivity index (χ1n) is 17.8. The number of carbonyl (C=O) groups excluding carboxylic acids is 2. The molecule has 1 amide bonds. The molecule has 8 nitrogen and oxygen atoms in total. The summed E-state index contributed by atoms with van der Waals surface area (Å²) >= 11 is 5.97. The molecule has 51 heavy (non-hydrogen) atoms. The second-order valence-electron chi connectivity index (χ2n) is 12.2. The third-order valence-corrected chi connectivity index (χ3v) is 8.37. The fourth-order valence-electron chi connectivity index (χ4n) is 5.39. The molecule has 0 spiro atoms. The smallest absolute Gasteiger partial charge is 0.329 e. The molecule has 2 unspecified atom stereocenters. The third-order valence-electron chi connectivity index (χ3n) is 8.12. The average Bonchev–Trinajstić information content (AvgIpc) is 3.89. The van der Waals surface area contributed by atoms with Crippen LogP contribution >= 0.6 is 11.6 Å². The summed E-state index contributed by atoms with van der Waals surface area (Å²) in [6, 6.07) is 14.1. The zero-order valence-corrected chi connectivity index (χ0v) is 30.1. The van der Waals surface area contributed by atoms with Gasteiger partial charge < -0.3 is 24.5 Å². The second-order valence-corrected chi connectivity index (χ2v) is 12.6. The lowest BCUT2D eigenvalue weighted by molar-refractivity contribution is -0.148. The van der Waals surface area contributed by atoms with Crippen molar-refractivity contribution in [2.75, 3.05) is 13.2 Å². The molecule has 3 atom stereocenters. The van der Waals surface area contributed by atoms with Crippen LogP contribution in [0.1, 0.15) is 74.2 Å². The molecule has 1 aliphatic rings. The lowest BCUT2D eigenvalue weighted by Gasteiger charge is -2.19. The number of H-pyrrole nitrogens is 1. The number of benzene rings is 2. The van der Waals surface area contributed by atoms with Crippen molar-refractivity contribution >= 4 is 34.4 Å². The number of unbranched alkanes of at least 4 members (excludes halogenated alkanes) is 1. The Labute approximate surface area is 305 Å². The summed E-state index contributed by atoms with van der Waals surface area (Å²) in [7, 11) is 0. The molecule has 9 heteroatoms. The molecular weight excluding hydrogens is 664 g/mol. The number of rotatable bonds is 22. The number of allylic oxidation sites excluding steroid dienone is 10. The van der Waals surface area contributed by atoms with Crippen molar-refractivity contribution in [2.24, 2.45) is 0 Å². The van der Waals surface area contributed by atoms with E-state index in [1.807, 2.05) is 18.2 Å². The van der Waals surface area contributed by atoms with Crippen molar-refractivity contribution in [3.05, 3.63) is 142 Å². The first-order valence-corrected chi connectivity index (χ1v) is 18.2. The maximum absolute atomic E-state index is 13.2. The number of amides is 1. The SMILES string of the molecule is CC/C=C\C/C=C\C/C=C\C/C=C\C/C=C\CCCC1O[C@@H]1OCCOC(=O)C(Cc1cc(=O)[nH]c2ccccc12)NC(=O)c1ccc(Cl)cc1. The number of aromatic amines is 1. The van der Waals surface area contributed by atoms with Gasteiger partial charge in [0.1, 0.15) is 18.8 Å². The van der Waals surface area contributed by atoms with Crippen molar-refractivity contribution in [1.29, 1.82) is 0 Å².